The van der Waals surface area contributed by atoms with E-state index in [1.54, 1.807) is 0 Å². The number of carbonyl (C=O) groups is 1. The third-order valence-electron chi connectivity index (χ3n) is 3.14. The van der Waals surface area contributed by atoms with Crippen LogP contribution >= 0.6 is 0 Å². The number of rotatable bonds is 0. The molecular formula is C9H15NO. The Morgan fingerprint density at radius 2 is 2.00 bits per heavy atom. The van der Waals surface area contributed by atoms with Crippen LogP contribution in [0, 0.1) is 5.41 Å². The van der Waals surface area contributed by atoms with E-state index < -0.39 is 0 Å². The van der Waals surface area contributed by atoms with E-state index in [4.69, 9.17) is 0 Å². The Morgan fingerprint density at radius 3 is 2.64 bits per heavy atom. The summed E-state index contributed by atoms with van der Waals surface area (Å²) in [6.45, 7) is 1.85. The third kappa shape index (κ3) is 1.09. The second-order valence-electron chi connectivity index (χ2n) is 3.84. The van der Waals surface area contributed by atoms with Gasteiger partial charge in [-0.25, -0.2) is 0 Å². The van der Waals surface area contributed by atoms with Gasteiger partial charge < -0.3 is 5.32 Å². The molecule has 1 saturated carbocycles. The van der Waals surface area contributed by atoms with Gasteiger partial charge in [0.25, 0.3) is 0 Å². The summed E-state index contributed by atoms with van der Waals surface area (Å²) in [5.41, 5.74) is 0.0816. The fourth-order valence-corrected chi connectivity index (χ4v) is 2.40. The molecular weight excluding hydrogens is 138 g/mol. The second kappa shape index (κ2) is 2.59. The minimum atomic E-state index is 0.0816. The molecule has 1 saturated heterocycles. The first-order valence-electron chi connectivity index (χ1n) is 4.58. The van der Waals surface area contributed by atoms with Crippen LogP contribution in [0.4, 0.5) is 0 Å². The number of ketones is 1. The van der Waals surface area contributed by atoms with E-state index in [0.717, 1.165) is 32.4 Å². The van der Waals surface area contributed by atoms with Gasteiger partial charge >= 0.3 is 0 Å². The zero-order chi connectivity index (χ0) is 7.73. The first kappa shape index (κ1) is 7.29. The summed E-state index contributed by atoms with van der Waals surface area (Å²) < 4.78 is 0. The molecule has 1 spiro atoms. The lowest BCUT2D eigenvalue weighted by atomic mass is 9.78. The predicted octanol–water partition coefficient (Wildman–Crippen LogP) is 1.11. The average Bonchev–Trinajstić information content (AvgIpc) is 2.46. The largest absolute Gasteiger partial charge is 0.315 e. The van der Waals surface area contributed by atoms with Crippen LogP contribution in [-0.4, -0.2) is 18.9 Å². The van der Waals surface area contributed by atoms with Gasteiger partial charge in [-0.2, -0.15) is 0 Å². The Labute approximate surface area is 67.4 Å². The third-order valence-corrected chi connectivity index (χ3v) is 3.14. The van der Waals surface area contributed by atoms with E-state index in [9.17, 15) is 4.79 Å². The first-order chi connectivity index (χ1) is 5.33. The normalized spacial score (nSPS) is 29.6. The van der Waals surface area contributed by atoms with Gasteiger partial charge in [0.15, 0.2) is 0 Å². The SMILES string of the molecule is O=C1CCNCC12CCCC2. The molecule has 0 atom stereocenters. The zero-order valence-electron chi connectivity index (χ0n) is 6.86. The number of piperidine rings is 1. The highest BCUT2D eigenvalue weighted by Crippen LogP contribution is 2.40. The molecule has 2 fully saturated rings. The number of Topliss-reactive ketones (excluding diaryl/α,β-unsaturated/α-hetero) is 1. The van der Waals surface area contributed by atoms with Crippen molar-refractivity contribution in [1.82, 2.24) is 5.32 Å². The van der Waals surface area contributed by atoms with Gasteiger partial charge in [-0.15, -0.1) is 0 Å². The Balaban J connectivity index is 2.13. The number of hydrogen-bond acceptors (Lipinski definition) is 2. The maximum atomic E-state index is 11.6. The van der Waals surface area contributed by atoms with Crippen LogP contribution in [0.25, 0.3) is 0 Å². The van der Waals surface area contributed by atoms with Crippen molar-refractivity contribution >= 4 is 5.78 Å². The van der Waals surface area contributed by atoms with Gasteiger partial charge in [0.05, 0.1) is 0 Å². The maximum absolute atomic E-state index is 11.6. The predicted molar refractivity (Wildman–Crippen MR) is 43.4 cm³/mol. The molecule has 11 heavy (non-hydrogen) atoms. The molecule has 2 heteroatoms. The van der Waals surface area contributed by atoms with Gasteiger partial charge in [0.2, 0.25) is 0 Å². The molecule has 2 nitrogen and oxygen atoms in total. The van der Waals surface area contributed by atoms with Crippen LogP contribution < -0.4 is 5.32 Å². The number of hydrogen-bond donors (Lipinski definition) is 1. The van der Waals surface area contributed by atoms with Crippen LogP contribution in [0.5, 0.6) is 0 Å². The van der Waals surface area contributed by atoms with Crippen LogP contribution in [0.1, 0.15) is 32.1 Å². The summed E-state index contributed by atoms with van der Waals surface area (Å²) in [5.74, 6) is 0.522. The van der Waals surface area contributed by atoms with E-state index in [2.05, 4.69) is 5.32 Å². The molecule has 0 amide bonds. The maximum Gasteiger partial charge on any atom is 0.141 e. The highest BCUT2D eigenvalue weighted by Gasteiger charge is 2.41. The lowest BCUT2D eigenvalue weighted by Crippen LogP contribution is -2.45. The summed E-state index contributed by atoms with van der Waals surface area (Å²) in [4.78, 5) is 11.6. The van der Waals surface area contributed by atoms with Crippen LogP contribution in [0.15, 0.2) is 0 Å². The summed E-state index contributed by atoms with van der Waals surface area (Å²) in [6.07, 6.45) is 5.55. The Morgan fingerprint density at radius 1 is 1.27 bits per heavy atom. The van der Waals surface area contributed by atoms with Gasteiger partial charge in [-0.1, -0.05) is 12.8 Å². The highest BCUT2D eigenvalue weighted by atomic mass is 16.1. The van der Waals surface area contributed by atoms with E-state index in [0.29, 0.717) is 5.78 Å². The second-order valence-corrected chi connectivity index (χ2v) is 3.84. The molecule has 0 aromatic heterocycles. The summed E-state index contributed by atoms with van der Waals surface area (Å²) in [5, 5.41) is 3.33. The van der Waals surface area contributed by atoms with Crippen molar-refractivity contribution in [2.45, 2.75) is 32.1 Å². The van der Waals surface area contributed by atoms with E-state index in [1.807, 2.05) is 0 Å². The Kier molecular flexibility index (Phi) is 1.72. The highest BCUT2D eigenvalue weighted by molar-refractivity contribution is 5.86. The molecule has 1 N–H and O–H groups in total. The molecule has 0 radical (unpaired) electrons. The molecule has 2 aliphatic rings. The van der Waals surface area contributed by atoms with Gasteiger partial charge in [-0.05, 0) is 12.8 Å². The van der Waals surface area contributed by atoms with Gasteiger partial charge in [0.1, 0.15) is 5.78 Å². The van der Waals surface area contributed by atoms with Crippen LogP contribution in [-0.2, 0) is 4.79 Å². The molecule has 0 bridgehead atoms. The van der Waals surface area contributed by atoms with Gasteiger partial charge in [-0.3, -0.25) is 4.79 Å². The molecule has 0 aromatic carbocycles. The summed E-state index contributed by atoms with van der Waals surface area (Å²) in [6, 6.07) is 0. The smallest absolute Gasteiger partial charge is 0.141 e. The van der Waals surface area contributed by atoms with Crippen molar-refractivity contribution in [1.29, 1.82) is 0 Å². The van der Waals surface area contributed by atoms with Gasteiger partial charge in [0, 0.05) is 24.9 Å². The fourth-order valence-electron chi connectivity index (χ4n) is 2.40. The molecule has 2 rings (SSSR count). The van der Waals surface area contributed by atoms with Crippen LogP contribution in [0.2, 0.25) is 0 Å². The molecule has 1 aliphatic heterocycles. The van der Waals surface area contributed by atoms with Crippen molar-refractivity contribution in [3.8, 4) is 0 Å². The lowest BCUT2D eigenvalue weighted by molar-refractivity contribution is -0.129. The topological polar surface area (TPSA) is 29.1 Å². The lowest BCUT2D eigenvalue weighted by Gasteiger charge is -2.31. The molecule has 1 aliphatic carbocycles. The molecule has 0 aromatic rings. The Hall–Kier alpha value is -0.370. The number of carbonyl (C=O) groups excluding carboxylic acids is 1. The van der Waals surface area contributed by atoms with E-state index in [1.165, 1.54) is 12.8 Å². The average molecular weight is 153 g/mol. The first-order valence-corrected chi connectivity index (χ1v) is 4.58. The van der Waals surface area contributed by atoms with Crippen molar-refractivity contribution in [2.75, 3.05) is 13.1 Å². The van der Waals surface area contributed by atoms with Crippen molar-refractivity contribution in [3.05, 3.63) is 0 Å². The minimum Gasteiger partial charge on any atom is -0.315 e. The zero-order valence-corrected chi connectivity index (χ0v) is 6.86. The minimum absolute atomic E-state index is 0.0816. The quantitative estimate of drug-likeness (QED) is 0.565. The van der Waals surface area contributed by atoms with Crippen molar-refractivity contribution in [2.24, 2.45) is 5.41 Å². The van der Waals surface area contributed by atoms with E-state index in [-0.39, 0.29) is 5.41 Å². The standard InChI is InChI=1S/C9H15NO/c11-8-3-6-10-7-9(8)4-1-2-5-9/h10H,1-7H2. The molecule has 0 unspecified atom stereocenters. The van der Waals surface area contributed by atoms with E-state index >= 15 is 0 Å². The molecule has 62 valence electrons. The summed E-state index contributed by atoms with van der Waals surface area (Å²) in [7, 11) is 0. The number of nitrogens with one attached hydrogen (secondary N) is 1. The Bertz CT molecular complexity index is 170. The summed E-state index contributed by atoms with van der Waals surface area (Å²) >= 11 is 0. The van der Waals surface area contributed by atoms with Crippen molar-refractivity contribution < 1.29 is 4.79 Å². The van der Waals surface area contributed by atoms with Crippen LogP contribution in [0.3, 0.4) is 0 Å². The fraction of sp³-hybridized carbons (Fsp3) is 0.889. The monoisotopic (exact) mass is 153 g/mol. The molecule has 1 heterocycles. The van der Waals surface area contributed by atoms with Crippen molar-refractivity contribution in [3.63, 3.8) is 0 Å².